The number of benzene rings is 6. The third-order valence-electron chi connectivity index (χ3n) is 10.5. The molecule has 3 unspecified atom stereocenters. The van der Waals surface area contributed by atoms with Gasteiger partial charge >= 0.3 is 0 Å². The summed E-state index contributed by atoms with van der Waals surface area (Å²) in [6, 6.07) is 56.8. The SMILES string of the molecule is SC12C=CC=CC1c1ccccc1N2c1ccccc1N(C1=CCC(c2ccc(-c3ccccc3)cc2)C=C1)c1ccc(-c2ccccc2)cc1. The first-order valence-corrected chi connectivity index (χ1v) is 18.2. The van der Waals surface area contributed by atoms with Gasteiger partial charge in [-0.05, 0) is 82.3 Å². The largest absolute Gasteiger partial charge is 0.320 e. The van der Waals surface area contributed by atoms with Gasteiger partial charge in [-0.15, -0.1) is 12.6 Å². The van der Waals surface area contributed by atoms with Crippen LogP contribution in [0.25, 0.3) is 22.3 Å². The van der Waals surface area contributed by atoms with Gasteiger partial charge in [0, 0.05) is 28.9 Å². The molecule has 0 saturated heterocycles. The van der Waals surface area contributed by atoms with Crippen LogP contribution in [0.5, 0.6) is 0 Å². The summed E-state index contributed by atoms with van der Waals surface area (Å²) in [5.41, 5.74) is 13.2. The van der Waals surface area contributed by atoms with Gasteiger partial charge in [0.1, 0.15) is 4.87 Å². The van der Waals surface area contributed by atoms with Crippen LogP contribution in [0.3, 0.4) is 0 Å². The third kappa shape index (κ3) is 5.64. The molecule has 0 fully saturated rings. The number of anilines is 4. The van der Waals surface area contributed by atoms with Crippen LogP contribution in [-0.2, 0) is 0 Å². The second-order valence-corrected chi connectivity index (χ2v) is 14.2. The Bertz CT molecular complexity index is 2300. The lowest BCUT2D eigenvalue weighted by Crippen LogP contribution is -2.40. The van der Waals surface area contributed by atoms with Crippen LogP contribution in [0.15, 0.2) is 206 Å². The number of thiol groups is 1. The maximum atomic E-state index is 5.47. The highest BCUT2D eigenvalue weighted by Crippen LogP contribution is 2.58. The standard InChI is InChI=1S/C48H38N2S/c51-48-34-12-11-18-44(48)43-17-7-8-19-45(43)50(48)47-21-10-9-20-46(47)49(41-30-26-39(27-31-41)36-15-5-2-6-16-36)42-32-28-40(29-33-42)38-24-22-37(23-25-38)35-13-3-1-4-14-35/h1-28,30-34,40,44,51H,29H2. The van der Waals surface area contributed by atoms with Crippen molar-refractivity contribution < 1.29 is 0 Å². The number of allylic oxidation sites excluding steroid dienone is 5. The summed E-state index contributed by atoms with van der Waals surface area (Å²) in [4.78, 5) is 4.32. The third-order valence-corrected chi connectivity index (χ3v) is 11.1. The van der Waals surface area contributed by atoms with Crippen molar-refractivity contribution >= 4 is 35.4 Å². The Morgan fingerprint density at radius 1 is 0.569 bits per heavy atom. The summed E-state index contributed by atoms with van der Waals surface area (Å²) < 4.78 is 0. The van der Waals surface area contributed by atoms with E-state index < -0.39 is 4.87 Å². The molecule has 6 aromatic carbocycles. The molecule has 0 radical (unpaired) electrons. The van der Waals surface area contributed by atoms with E-state index in [4.69, 9.17) is 12.6 Å². The predicted molar refractivity (Wildman–Crippen MR) is 218 cm³/mol. The van der Waals surface area contributed by atoms with E-state index in [1.54, 1.807) is 0 Å². The van der Waals surface area contributed by atoms with Crippen LogP contribution in [0, 0.1) is 0 Å². The number of rotatable bonds is 7. The Hall–Kier alpha value is -5.77. The molecule has 3 heteroatoms. The van der Waals surface area contributed by atoms with Crippen molar-refractivity contribution in [3.8, 4) is 22.3 Å². The van der Waals surface area contributed by atoms with Crippen molar-refractivity contribution in [2.75, 3.05) is 9.80 Å². The van der Waals surface area contributed by atoms with Crippen LogP contribution in [-0.4, -0.2) is 4.87 Å². The van der Waals surface area contributed by atoms with Crippen LogP contribution >= 0.6 is 12.6 Å². The van der Waals surface area contributed by atoms with Gasteiger partial charge in [0.2, 0.25) is 0 Å². The average Bonchev–Trinajstić information content (AvgIpc) is 3.47. The zero-order valence-corrected chi connectivity index (χ0v) is 29.2. The molecule has 246 valence electrons. The Morgan fingerprint density at radius 2 is 1.16 bits per heavy atom. The molecule has 3 atom stereocenters. The Balaban J connectivity index is 1.11. The number of fused-ring (bicyclic) bond motifs is 3. The van der Waals surface area contributed by atoms with E-state index in [-0.39, 0.29) is 5.92 Å². The second-order valence-electron chi connectivity index (χ2n) is 13.5. The molecule has 51 heavy (non-hydrogen) atoms. The highest BCUT2D eigenvalue weighted by atomic mass is 32.1. The minimum atomic E-state index is -0.537. The van der Waals surface area contributed by atoms with E-state index in [9.17, 15) is 0 Å². The fourth-order valence-corrected chi connectivity index (χ4v) is 8.44. The lowest BCUT2D eigenvalue weighted by Gasteiger charge is -2.41. The van der Waals surface area contributed by atoms with E-state index in [1.165, 1.54) is 39.1 Å². The Morgan fingerprint density at radius 3 is 1.82 bits per heavy atom. The molecule has 0 spiro atoms. The molecule has 0 aromatic heterocycles. The molecule has 3 aliphatic rings. The van der Waals surface area contributed by atoms with Crippen molar-refractivity contribution in [2.24, 2.45) is 0 Å². The van der Waals surface area contributed by atoms with E-state index in [1.807, 2.05) is 0 Å². The zero-order chi connectivity index (χ0) is 34.2. The molecule has 0 saturated carbocycles. The quantitative estimate of drug-likeness (QED) is 0.168. The highest BCUT2D eigenvalue weighted by Gasteiger charge is 2.48. The maximum Gasteiger partial charge on any atom is 0.117 e. The summed E-state index contributed by atoms with van der Waals surface area (Å²) in [6.45, 7) is 0. The number of nitrogens with zero attached hydrogens (tertiary/aromatic N) is 2. The maximum absolute atomic E-state index is 5.47. The molecular formula is C48H38N2S. The monoisotopic (exact) mass is 674 g/mol. The highest BCUT2D eigenvalue weighted by molar-refractivity contribution is 7.82. The molecule has 2 nitrogen and oxygen atoms in total. The molecule has 9 rings (SSSR count). The first kappa shape index (κ1) is 31.2. The van der Waals surface area contributed by atoms with E-state index in [0.717, 1.165) is 29.2 Å². The molecule has 1 aliphatic heterocycles. The van der Waals surface area contributed by atoms with Crippen molar-refractivity contribution in [1.82, 2.24) is 0 Å². The van der Waals surface area contributed by atoms with Gasteiger partial charge in [-0.1, -0.05) is 158 Å². The van der Waals surface area contributed by atoms with Gasteiger partial charge in [0.15, 0.2) is 0 Å². The molecule has 2 aliphatic carbocycles. The summed E-state index contributed by atoms with van der Waals surface area (Å²) in [6.07, 6.45) is 16.8. The van der Waals surface area contributed by atoms with Crippen LogP contribution in [0.2, 0.25) is 0 Å². The second kappa shape index (κ2) is 13.2. The molecular weight excluding hydrogens is 637 g/mol. The van der Waals surface area contributed by atoms with Gasteiger partial charge in [-0.2, -0.15) is 0 Å². The summed E-state index contributed by atoms with van der Waals surface area (Å²) in [7, 11) is 0. The van der Waals surface area contributed by atoms with Crippen LogP contribution < -0.4 is 9.80 Å². The minimum Gasteiger partial charge on any atom is -0.320 e. The van der Waals surface area contributed by atoms with Gasteiger partial charge in [0.25, 0.3) is 0 Å². The van der Waals surface area contributed by atoms with Gasteiger partial charge in [-0.25, -0.2) is 0 Å². The summed E-state index contributed by atoms with van der Waals surface area (Å²) >= 11 is 5.47. The topological polar surface area (TPSA) is 6.48 Å². The van der Waals surface area contributed by atoms with Crippen molar-refractivity contribution in [3.05, 3.63) is 217 Å². The van der Waals surface area contributed by atoms with Gasteiger partial charge < -0.3 is 9.80 Å². The number of para-hydroxylation sites is 3. The first-order chi connectivity index (χ1) is 25.2. The van der Waals surface area contributed by atoms with Crippen LogP contribution in [0.4, 0.5) is 22.7 Å². The number of hydrogen-bond acceptors (Lipinski definition) is 3. The fourth-order valence-electron chi connectivity index (χ4n) is 7.91. The van der Waals surface area contributed by atoms with E-state index in [2.05, 4.69) is 210 Å². The smallest absolute Gasteiger partial charge is 0.117 e. The summed E-state index contributed by atoms with van der Waals surface area (Å²) in [5, 5.41) is 0. The molecule has 0 N–H and O–H groups in total. The lowest BCUT2D eigenvalue weighted by atomic mass is 9.90. The Labute approximate surface area is 306 Å². The van der Waals surface area contributed by atoms with Crippen molar-refractivity contribution in [2.45, 2.75) is 23.1 Å². The molecule has 0 amide bonds. The normalized spacial score (nSPS) is 20.1. The zero-order valence-electron chi connectivity index (χ0n) is 28.3. The molecule has 0 bridgehead atoms. The minimum absolute atomic E-state index is 0.136. The van der Waals surface area contributed by atoms with E-state index >= 15 is 0 Å². The Kier molecular flexibility index (Phi) is 8.06. The fraction of sp³-hybridized carbons (Fsp3) is 0.0833. The molecule has 1 heterocycles. The van der Waals surface area contributed by atoms with Gasteiger partial charge in [0.05, 0.1) is 11.4 Å². The van der Waals surface area contributed by atoms with Crippen LogP contribution in [0.1, 0.15) is 29.4 Å². The summed E-state index contributed by atoms with van der Waals surface area (Å²) in [5.74, 6) is 0.443. The predicted octanol–water partition coefficient (Wildman–Crippen LogP) is 12.8. The van der Waals surface area contributed by atoms with Crippen molar-refractivity contribution in [1.29, 1.82) is 0 Å². The van der Waals surface area contributed by atoms with Crippen molar-refractivity contribution in [3.63, 3.8) is 0 Å². The van der Waals surface area contributed by atoms with E-state index in [0.29, 0.717) is 5.92 Å². The molecule has 6 aromatic rings. The first-order valence-electron chi connectivity index (χ1n) is 17.7. The average molecular weight is 675 g/mol. The number of hydrogen-bond donors (Lipinski definition) is 1. The van der Waals surface area contributed by atoms with Gasteiger partial charge in [-0.3, -0.25) is 0 Å². The lowest BCUT2D eigenvalue weighted by molar-refractivity contribution is 0.692.